The summed E-state index contributed by atoms with van der Waals surface area (Å²) in [4.78, 5) is 15.2. The van der Waals surface area contributed by atoms with Crippen LogP contribution in [0.5, 0.6) is 0 Å². The van der Waals surface area contributed by atoms with Crippen LogP contribution in [0, 0.1) is 0 Å². The first-order valence-electron chi connectivity index (χ1n) is 6.18. The highest BCUT2D eigenvalue weighted by atomic mass is 16.5. The predicted molar refractivity (Wildman–Crippen MR) is 67.7 cm³/mol. The highest BCUT2D eigenvalue weighted by Crippen LogP contribution is 2.12. The number of hydrogen-bond acceptors (Lipinski definition) is 5. The van der Waals surface area contributed by atoms with Crippen molar-refractivity contribution in [2.45, 2.75) is 25.8 Å². The highest BCUT2D eigenvalue weighted by molar-refractivity contribution is 5.85. The molecule has 0 aliphatic carbocycles. The van der Waals surface area contributed by atoms with E-state index in [9.17, 15) is 4.79 Å². The number of amides is 1. The summed E-state index contributed by atoms with van der Waals surface area (Å²) in [5, 5.41) is 11.9. The summed E-state index contributed by atoms with van der Waals surface area (Å²) < 4.78 is 4.68. The molecule has 0 aromatic rings. The number of methoxy groups -OCH3 is 1. The molecule has 1 atom stereocenters. The van der Waals surface area contributed by atoms with Gasteiger partial charge in [0.25, 0.3) is 0 Å². The minimum atomic E-state index is -0.300. The molecule has 1 heterocycles. The molecule has 0 bridgehead atoms. The number of amidine groups is 1. The van der Waals surface area contributed by atoms with Crippen molar-refractivity contribution < 1.29 is 14.7 Å². The van der Waals surface area contributed by atoms with E-state index in [2.05, 4.69) is 21.7 Å². The Labute approximate surface area is 107 Å². The van der Waals surface area contributed by atoms with Crippen LogP contribution in [-0.2, 0) is 4.74 Å². The van der Waals surface area contributed by atoms with Crippen molar-refractivity contribution in [3.05, 3.63) is 0 Å². The highest BCUT2D eigenvalue weighted by Gasteiger charge is 2.28. The second-order valence-corrected chi connectivity index (χ2v) is 4.32. The Kier molecular flexibility index (Phi) is 5.70. The van der Waals surface area contributed by atoms with Crippen LogP contribution in [0.3, 0.4) is 0 Å². The molecule has 1 fully saturated rings. The van der Waals surface area contributed by atoms with Gasteiger partial charge in [0.05, 0.1) is 13.2 Å². The second-order valence-electron chi connectivity index (χ2n) is 4.32. The molecule has 7 nitrogen and oxygen atoms in total. The Balaban J connectivity index is 2.56. The third-order valence-electron chi connectivity index (χ3n) is 3.21. The Bertz CT molecular complexity index is 301. The fourth-order valence-electron chi connectivity index (χ4n) is 2.20. The van der Waals surface area contributed by atoms with Gasteiger partial charge in [0.1, 0.15) is 0 Å². The molecule has 0 aromatic carbocycles. The number of nitrogens with zero attached hydrogens (tertiary/aromatic N) is 3. The minimum Gasteiger partial charge on any atom is -0.453 e. The van der Waals surface area contributed by atoms with Crippen molar-refractivity contribution in [1.29, 1.82) is 0 Å². The zero-order chi connectivity index (χ0) is 13.5. The summed E-state index contributed by atoms with van der Waals surface area (Å²) in [6.45, 7) is 4.67. The normalized spacial score (nSPS) is 19.7. The van der Waals surface area contributed by atoms with Crippen LogP contribution in [0.4, 0.5) is 4.79 Å². The van der Waals surface area contributed by atoms with Gasteiger partial charge in [-0.3, -0.25) is 4.90 Å². The van der Waals surface area contributed by atoms with E-state index < -0.39 is 0 Å². The van der Waals surface area contributed by atoms with Crippen LogP contribution in [0.1, 0.15) is 19.8 Å². The van der Waals surface area contributed by atoms with Crippen molar-refractivity contribution in [1.82, 2.24) is 9.80 Å². The lowest BCUT2D eigenvalue weighted by Crippen LogP contribution is -2.55. The van der Waals surface area contributed by atoms with Gasteiger partial charge in [-0.15, -0.1) is 0 Å². The predicted octanol–water partition coefficient (Wildman–Crippen LogP) is 0.286. The quantitative estimate of drug-likeness (QED) is 0.327. The summed E-state index contributed by atoms with van der Waals surface area (Å²) in [6, 6.07) is -0.0557. The topological polar surface area (TPSA) is 91.4 Å². The fraction of sp³-hybridized carbons (Fsp3) is 0.818. The van der Waals surface area contributed by atoms with Gasteiger partial charge in [-0.2, -0.15) is 0 Å². The van der Waals surface area contributed by atoms with Crippen LogP contribution in [-0.4, -0.2) is 66.3 Å². The molecule has 7 heteroatoms. The van der Waals surface area contributed by atoms with E-state index in [1.807, 2.05) is 0 Å². The molecule has 1 rings (SSSR count). The van der Waals surface area contributed by atoms with Crippen molar-refractivity contribution in [3.63, 3.8) is 0 Å². The fourth-order valence-corrected chi connectivity index (χ4v) is 2.20. The monoisotopic (exact) mass is 258 g/mol. The van der Waals surface area contributed by atoms with Gasteiger partial charge in [-0.05, 0) is 6.42 Å². The van der Waals surface area contributed by atoms with Crippen LogP contribution in [0.2, 0.25) is 0 Å². The largest absolute Gasteiger partial charge is 0.453 e. The molecule has 1 amide bonds. The van der Waals surface area contributed by atoms with Gasteiger partial charge in [-0.1, -0.05) is 18.5 Å². The molecule has 0 aromatic heterocycles. The average Bonchev–Trinajstić information content (AvgIpc) is 2.43. The second kappa shape index (κ2) is 7.05. The number of nitrogens with two attached hydrogens (primary N) is 1. The Hall–Kier alpha value is -1.50. The van der Waals surface area contributed by atoms with Crippen molar-refractivity contribution in [3.8, 4) is 0 Å². The lowest BCUT2D eigenvalue weighted by Gasteiger charge is -2.38. The zero-order valence-corrected chi connectivity index (χ0v) is 11.0. The number of carbonyl (C=O) groups is 1. The molecular formula is C11H22N4O3. The van der Waals surface area contributed by atoms with E-state index in [1.165, 1.54) is 7.11 Å². The van der Waals surface area contributed by atoms with E-state index in [-0.39, 0.29) is 18.0 Å². The van der Waals surface area contributed by atoms with Gasteiger partial charge in [0, 0.05) is 26.2 Å². The SMILES string of the molecule is CCCC(C(N)=NO)N1CCN(C(=O)OC)CC1. The summed E-state index contributed by atoms with van der Waals surface area (Å²) in [7, 11) is 1.38. The maximum atomic E-state index is 11.4. The van der Waals surface area contributed by atoms with Gasteiger partial charge in [0.15, 0.2) is 5.84 Å². The molecule has 1 saturated heterocycles. The maximum Gasteiger partial charge on any atom is 0.409 e. The summed E-state index contributed by atoms with van der Waals surface area (Å²) >= 11 is 0. The number of piperazine rings is 1. The van der Waals surface area contributed by atoms with Crippen LogP contribution in [0.15, 0.2) is 5.16 Å². The molecule has 18 heavy (non-hydrogen) atoms. The van der Waals surface area contributed by atoms with Crippen molar-refractivity contribution in [2.75, 3.05) is 33.3 Å². The molecule has 1 aliphatic rings. The molecular weight excluding hydrogens is 236 g/mol. The third kappa shape index (κ3) is 3.49. The first-order valence-corrected chi connectivity index (χ1v) is 6.18. The number of oxime groups is 1. The van der Waals surface area contributed by atoms with E-state index in [4.69, 9.17) is 10.9 Å². The lowest BCUT2D eigenvalue weighted by atomic mass is 10.1. The number of hydrogen-bond donors (Lipinski definition) is 2. The van der Waals surface area contributed by atoms with E-state index in [0.717, 1.165) is 12.8 Å². The Morgan fingerprint density at radius 3 is 2.50 bits per heavy atom. The van der Waals surface area contributed by atoms with E-state index in [0.29, 0.717) is 26.2 Å². The zero-order valence-electron chi connectivity index (χ0n) is 11.0. The average molecular weight is 258 g/mol. The Morgan fingerprint density at radius 2 is 2.06 bits per heavy atom. The third-order valence-corrected chi connectivity index (χ3v) is 3.21. The molecule has 1 unspecified atom stereocenters. The van der Waals surface area contributed by atoms with Gasteiger partial charge < -0.3 is 20.6 Å². The summed E-state index contributed by atoms with van der Waals surface area (Å²) in [5.41, 5.74) is 5.71. The van der Waals surface area contributed by atoms with Gasteiger partial charge >= 0.3 is 6.09 Å². The molecule has 0 spiro atoms. The minimum absolute atomic E-state index is 0.0557. The van der Waals surface area contributed by atoms with Crippen molar-refractivity contribution in [2.24, 2.45) is 10.9 Å². The lowest BCUT2D eigenvalue weighted by molar-refractivity contribution is 0.0830. The van der Waals surface area contributed by atoms with Gasteiger partial charge in [-0.25, -0.2) is 4.79 Å². The van der Waals surface area contributed by atoms with Gasteiger partial charge in [0.2, 0.25) is 0 Å². The van der Waals surface area contributed by atoms with Crippen LogP contribution >= 0.6 is 0 Å². The smallest absolute Gasteiger partial charge is 0.409 e. The van der Waals surface area contributed by atoms with E-state index >= 15 is 0 Å². The summed E-state index contributed by atoms with van der Waals surface area (Å²) in [5.74, 6) is 0.239. The molecule has 3 N–H and O–H groups in total. The first-order chi connectivity index (χ1) is 8.63. The van der Waals surface area contributed by atoms with Crippen LogP contribution < -0.4 is 5.73 Å². The molecule has 1 aliphatic heterocycles. The number of rotatable bonds is 4. The standard InChI is InChI=1S/C11H22N4O3/c1-3-4-9(10(12)13-17)14-5-7-15(8-6-14)11(16)18-2/h9,17H,3-8H2,1-2H3,(H2,12,13). The van der Waals surface area contributed by atoms with Crippen LogP contribution in [0.25, 0.3) is 0 Å². The maximum absolute atomic E-state index is 11.4. The molecule has 104 valence electrons. The van der Waals surface area contributed by atoms with Crippen molar-refractivity contribution >= 4 is 11.9 Å². The Morgan fingerprint density at radius 1 is 1.44 bits per heavy atom. The summed E-state index contributed by atoms with van der Waals surface area (Å²) in [6.07, 6.45) is 1.50. The first kappa shape index (κ1) is 14.6. The number of carbonyl (C=O) groups excluding carboxylic acids is 1. The number of ether oxygens (including phenoxy) is 1. The van der Waals surface area contributed by atoms with E-state index in [1.54, 1.807) is 4.90 Å². The molecule has 0 saturated carbocycles. The molecule has 0 radical (unpaired) electrons.